The van der Waals surface area contributed by atoms with Crippen LogP contribution in [0, 0.1) is 10.8 Å². The van der Waals surface area contributed by atoms with E-state index in [-0.39, 0.29) is 67.9 Å². The summed E-state index contributed by atoms with van der Waals surface area (Å²) in [6.07, 6.45) is 1.24. The first-order valence-corrected chi connectivity index (χ1v) is 10.4. The molecular weight excluding hydrogens is 447 g/mol. The molecule has 0 aliphatic rings. The Labute approximate surface area is 204 Å². The maximum Gasteiger partial charge on any atom is 0.224 e. The normalized spacial score (nSPS) is 12.3. The number of ether oxygens (including phenoxy) is 2. The molecule has 0 aliphatic carbocycles. The molecule has 171 valence electrons. The minimum atomic E-state index is -0.183. The van der Waals surface area contributed by atoms with Crippen LogP contribution in [0.2, 0.25) is 0 Å². The molecule has 0 spiro atoms. The van der Waals surface area contributed by atoms with Crippen molar-refractivity contribution >= 4 is 11.7 Å². The Morgan fingerprint density at radius 3 is 2.07 bits per heavy atom. The van der Waals surface area contributed by atoms with Crippen LogP contribution in [0.15, 0.2) is 0 Å². The third-order valence-electron chi connectivity index (χ3n) is 3.97. The van der Waals surface area contributed by atoms with E-state index < -0.39 is 0 Å². The molecule has 1 amide bonds. The number of aliphatic hydroxyl groups excluding tert-OH is 1. The van der Waals surface area contributed by atoms with Crippen molar-refractivity contribution in [2.24, 2.45) is 10.8 Å². The Hall–Kier alpha value is 0.124. The first-order chi connectivity index (χ1) is 12.9. The first kappa shape index (κ1) is 33.8. The molecule has 0 fully saturated rings. The van der Waals surface area contributed by atoms with Gasteiger partial charge in [0.25, 0.3) is 0 Å². The van der Waals surface area contributed by atoms with Crippen LogP contribution >= 0.6 is 0 Å². The molecule has 1 atom stereocenters. The molecule has 0 saturated carbocycles. The van der Waals surface area contributed by atoms with E-state index in [1.54, 1.807) is 18.9 Å². The van der Waals surface area contributed by atoms with E-state index in [4.69, 9.17) is 14.6 Å². The summed E-state index contributed by atoms with van der Waals surface area (Å²) in [5.41, 5.74) is -0.358. The average molecular weight is 493 g/mol. The van der Waals surface area contributed by atoms with Gasteiger partial charge in [-0.1, -0.05) is 41.5 Å². The number of amides is 1. The third kappa shape index (κ3) is 19.8. The van der Waals surface area contributed by atoms with Crippen molar-refractivity contribution in [3.8, 4) is 0 Å². The average Bonchev–Trinajstić information content (AvgIpc) is 2.54. The third-order valence-corrected chi connectivity index (χ3v) is 3.97. The number of rotatable bonds is 14. The fraction of sp³-hybridized carbons (Fsp3) is 0.909. The smallest absolute Gasteiger partial charge is 0.224 e. The van der Waals surface area contributed by atoms with Gasteiger partial charge in [-0.05, 0) is 25.7 Å². The summed E-state index contributed by atoms with van der Waals surface area (Å²) < 4.78 is 11.4. The van der Waals surface area contributed by atoms with Gasteiger partial charge in [0.05, 0.1) is 25.7 Å². The van der Waals surface area contributed by atoms with Crippen LogP contribution in [0.25, 0.3) is 0 Å². The fourth-order valence-electron chi connectivity index (χ4n) is 2.91. The summed E-state index contributed by atoms with van der Waals surface area (Å²) in [7, 11) is 1.80. The molecular formula is C22H45NO5Y. The van der Waals surface area contributed by atoms with Gasteiger partial charge in [0.1, 0.15) is 5.78 Å². The zero-order valence-corrected chi connectivity index (χ0v) is 23.2. The Morgan fingerprint density at radius 2 is 1.59 bits per heavy atom. The molecule has 0 aromatic rings. The SMILES string of the molecule is CC.CC(=O)CC(C)(C)COCC(C)(C)CN(C)C(=O)CC(C)OCCCO.[Y]. The Morgan fingerprint density at radius 1 is 1.07 bits per heavy atom. The first-order valence-electron chi connectivity index (χ1n) is 10.4. The van der Waals surface area contributed by atoms with Gasteiger partial charge in [0.15, 0.2) is 0 Å². The molecule has 0 aliphatic heterocycles. The Balaban J connectivity index is -0.00000218. The molecule has 7 heteroatoms. The van der Waals surface area contributed by atoms with Crippen LogP contribution in [-0.4, -0.2) is 67.8 Å². The van der Waals surface area contributed by atoms with Crippen molar-refractivity contribution in [2.75, 3.05) is 40.0 Å². The number of Topliss-reactive ketones (excluding diaryl/α,β-unsaturated/α-hetero) is 1. The quantitative estimate of drug-likeness (QED) is 0.375. The second-order valence-corrected chi connectivity index (χ2v) is 8.91. The molecule has 1 N–H and O–H groups in total. The summed E-state index contributed by atoms with van der Waals surface area (Å²) in [6, 6.07) is 0. The zero-order valence-electron chi connectivity index (χ0n) is 20.3. The van der Waals surface area contributed by atoms with E-state index in [0.29, 0.717) is 45.6 Å². The number of ketones is 1. The second kappa shape index (κ2) is 17.8. The van der Waals surface area contributed by atoms with E-state index in [1.165, 1.54) is 0 Å². The van der Waals surface area contributed by atoms with E-state index >= 15 is 0 Å². The molecule has 0 aromatic carbocycles. The summed E-state index contributed by atoms with van der Waals surface area (Å²) in [4.78, 5) is 25.3. The largest absolute Gasteiger partial charge is 0.396 e. The van der Waals surface area contributed by atoms with Crippen LogP contribution in [-0.2, 0) is 51.8 Å². The molecule has 29 heavy (non-hydrogen) atoms. The van der Waals surface area contributed by atoms with Crippen molar-refractivity contribution in [2.45, 2.75) is 80.8 Å². The molecule has 0 bridgehead atoms. The molecule has 0 aromatic heterocycles. The Bertz CT molecular complexity index is 441. The number of carbonyl (C=O) groups excluding carboxylic acids is 2. The maximum absolute atomic E-state index is 12.3. The standard InChI is InChI=1S/C20H39NO5.C2H6.Y/c1-16(23)12-19(3,4)14-25-15-20(5,6)13-21(7)18(24)11-17(2)26-10-8-9-22;1-2;/h17,22H,8-15H2,1-7H3;1-2H3;. The monoisotopic (exact) mass is 492 g/mol. The summed E-state index contributed by atoms with van der Waals surface area (Å²) in [6.45, 7) is 17.8. The van der Waals surface area contributed by atoms with Crippen molar-refractivity contribution in [3.63, 3.8) is 0 Å². The van der Waals surface area contributed by atoms with Gasteiger partial charge in [-0.3, -0.25) is 4.79 Å². The summed E-state index contributed by atoms with van der Waals surface area (Å²) >= 11 is 0. The second-order valence-electron chi connectivity index (χ2n) is 8.91. The molecule has 1 unspecified atom stereocenters. The minimum absolute atomic E-state index is 0. The number of hydrogen-bond donors (Lipinski definition) is 1. The predicted octanol–water partition coefficient (Wildman–Crippen LogP) is 3.69. The van der Waals surface area contributed by atoms with Gasteiger partial charge in [-0.2, -0.15) is 0 Å². The zero-order chi connectivity index (χ0) is 22.4. The van der Waals surface area contributed by atoms with Crippen molar-refractivity contribution in [1.82, 2.24) is 4.90 Å². The van der Waals surface area contributed by atoms with E-state index in [1.807, 2.05) is 34.6 Å². The number of nitrogens with zero attached hydrogens (tertiary/aromatic N) is 1. The van der Waals surface area contributed by atoms with E-state index in [9.17, 15) is 9.59 Å². The van der Waals surface area contributed by atoms with Crippen LogP contribution in [0.1, 0.15) is 74.7 Å². The number of carbonyl (C=O) groups is 2. The van der Waals surface area contributed by atoms with Gasteiger partial charge < -0.3 is 24.3 Å². The molecule has 0 rings (SSSR count). The van der Waals surface area contributed by atoms with Crippen molar-refractivity contribution in [3.05, 3.63) is 0 Å². The van der Waals surface area contributed by atoms with Gasteiger partial charge in [-0.25, -0.2) is 0 Å². The maximum atomic E-state index is 12.3. The van der Waals surface area contributed by atoms with Crippen LogP contribution in [0.5, 0.6) is 0 Å². The van der Waals surface area contributed by atoms with E-state index in [2.05, 4.69) is 13.8 Å². The molecule has 0 saturated heterocycles. The van der Waals surface area contributed by atoms with Crippen LogP contribution < -0.4 is 0 Å². The van der Waals surface area contributed by atoms with Gasteiger partial charge in [0.2, 0.25) is 5.91 Å². The topological polar surface area (TPSA) is 76.1 Å². The minimum Gasteiger partial charge on any atom is -0.396 e. The van der Waals surface area contributed by atoms with Crippen LogP contribution in [0.4, 0.5) is 0 Å². The summed E-state index contributed by atoms with van der Waals surface area (Å²) in [5.74, 6) is 0.199. The summed E-state index contributed by atoms with van der Waals surface area (Å²) in [5, 5.41) is 8.76. The van der Waals surface area contributed by atoms with Gasteiger partial charge in [0, 0.05) is 71.4 Å². The molecule has 0 heterocycles. The number of hydrogen-bond acceptors (Lipinski definition) is 5. The van der Waals surface area contributed by atoms with E-state index in [0.717, 1.165) is 0 Å². The fourth-order valence-corrected chi connectivity index (χ4v) is 2.91. The van der Waals surface area contributed by atoms with Gasteiger partial charge in [-0.15, -0.1) is 0 Å². The molecule has 1 radical (unpaired) electrons. The van der Waals surface area contributed by atoms with Crippen molar-refractivity contribution < 1.29 is 56.9 Å². The number of aliphatic hydroxyl groups is 1. The Kier molecular flexibility index (Phi) is 20.7. The molecule has 6 nitrogen and oxygen atoms in total. The van der Waals surface area contributed by atoms with Crippen LogP contribution in [0.3, 0.4) is 0 Å². The van der Waals surface area contributed by atoms with Crippen molar-refractivity contribution in [1.29, 1.82) is 0 Å². The predicted molar refractivity (Wildman–Crippen MR) is 114 cm³/mol. The van der Waals surface area contributed by atoms with Gasteiger partial charge >= 0.3 is 0 Å².